The van der Waals surface area contributed by atoms with Gasteiger partial charge in [-0.3, -0.25) is 9.47 Å². The van der Waals surface area contributed by atoms with E-state index in [2.05, 4.69) is 9.88 Å². The molecule has 0 aliphatic carbocycles. The van der Waals surface area contributed by atoms with Gasteiger partial charge in [-0.25, -0.2) is 9.78 Å². The Hall–Kier alpha value is -3.32. The van der Waals surface area contributed by atoms with Crippen molar-refractivity contribution in [2.75, 3.05) is 34.4 Å². The molecule has 1 aromatic heterocycles. The third kappa shape index (κ3) is 7.38. The van der Waals surface area contributed by atoms with Crippen molar-refractivity contribution in [3.63, 3.8) is 0 Å². The molecule has 0 atom stereocenters. The maximum atomic E-state index is 13.1. The van der Waals surface area contributed by atoms with Crippen LogP contribution in [0.4, 0.5) is 4.79 Å². The number of carbonyl (C=O) groups is 1. The molecule has 0 unspecified atom stereocenters. The van der Waals surface area contributed by atoms with Crippen LogP contribution in [0.1, 0.15) is 18.4 Å². The van der Waals surface area contributed by atoms with Crippen molar-refractivity contribution >= 4 is 28.7 Å². The Balaban J connectivity index is 0.00000400. The lowest BCUT2D eigenvalue weighted by Crippen LogP contribution is -2.46. The Bertz CT molecular complexity index is 1340. The van der Waals surface area contributed by atoms with Crippen molar-refractivity contribution < 1.29 is 26.9 Å². The third-order valence-electron chi connectivity index (χ3n) is 6.37. The number of hydrogen-bond donors (Lipinski definition) is 1. The Morgan fingerprint density at radius 1 is 1.08 bits per heavy atom. The predicted octanol–water partition coefficient (Wildman–Crippen LogP) is 3.14. The van der Waals surface area contributed by atoms with Crippen molar-refractivity contribution in [3.05, 3.63) is 60.6 Å². The SMILES string of the molecule is COc1cc(CN2CCC(N(C)C(=O)n3cnc(-c4cccc(OS(N)(=O)=O)c4)c3)CC2)cc(OC)c1.Cl. The van der Waals surface area contributed by atoms with E-state index < -0.39 is 10.3 Å². The molecule has 1 aliphatic heterocycles. The molecule has 3 aromatic rings. The van der Waals surface area contributed by atoms with E-state index in [0.29, 0.717) is 11.3 Å². The summed E-state index contributed by atoms with van der Waals surface area (Å²) in [6, 6.07) is 12.1. The van der Waals surface area contributed by atoms with Crippen molar-refractivity contribution in [1.82, 2.24) is 19.4 Å². The molecule has 1 amide bonds. The second kappa shape index (κ2) is 12.5. The van der Waals surface area contributed by atoms with Gasteiger partial charge >= 0.3 is 16.3 Å². The molecule has 2 heterocycles. The van der Waals surface area contributed by atoms with Gasteiger partial charge in [0.15, 0.2) is 0 Å². The van der Waals surface area contributed by atoms with Crippen LogP contribution in [0.5, 0.6) is 17.2 Å². The predicted molar refractivity (Wildman–Crippen MR) is 145 cm³/mol. The van der Waals surface area contributed by atoms with Crippen LogP contribution in [0.3, 0.4) is 0 Å². The average Bonchev–Trinajstić information content (AvgIpc) is 3.37. The maximum absolute atomic E-state index is 13.1. The van der Waals surface area contributed by atoms with Crippen LogP contribution in [0, 0.1) is 0 Å². The number of methoxy groups -OCH3 is 2. The van der Waals surface area contributed by atoms with E-state index in [-0.39, 0.29) is 30.2 Å². The van der Waals surface area contributed by atoms with Crippen LogP contribution < -0.4 is 18.8 Å². The molecule has 0 bridgehead atoms. The smallest absolute Gasteiger partial charge is 0.380 e. The van der Waals surface area contributed by atoms with Crippen LogP contribution >= 0.6 is 12.4 Å². The van der Waals surface area contributed by atoms with Gasteiger partial charge in [-0.15, -0.1) is 12.4 Å². The molecule has 0 spiro atoms. The summed E-state index contributed by atoms with van der Waals surface area (Å²) in [6.07, 6.45) is 4.75. The van der Waals surface area contributed by atoms with Crippen LogP contribution in [0.2, 0.25) is 0 Å². The summed E-state index contributed by atoms with van der Waals surface area (Å²) in [5.41, 5.74) is 2.21. The molecule has 0 saturated carbocycles. The highest BCUT2D eigenvalue weighted by Crippen LogP contribution is 2.26. The quantitative estimate of drug-likeness (QED) is 0.441. The normalized spacial score (nSPS) is 14.4. The Kier molecular flexibility index (Phi) is 9.60. The number of amides is 1. The summed E-state index contributed by atoms with van der Waals surface area (Å²) in [5.74, 6) is 1.59. The summed E-state index contributed by atoms with van der Waals surface area (Å²) in [6.45, 7) is 2.48. The molecule has 2 aromatic carbocycles. The zero-order valence-electron chi connectivity index (χ0n) is 21.4. The fourth-order valence-corrected chi connectivity index (χ4v) is 4.81. The van der Waals surface area contributed by atoms with Gasteiger partial charge in [0.1, 0.15) is 23.6 Å². The average molecular weight is 566 g/mol. The first-order chi connectivity index (χ1) is 17.6. The number of rotatable bonds is 8. The van der Waals surface area contributed by atoms with Crippen LogP contribution in [-0.4, -0.2) is 74.2 Å². The molecule has 11 nitrogen and oxygen atoms in total. The number of aromatic nitrogens is 2. The number of piperidine rings is 1. The van der Waals surface area contributed by atoms with Crippen molar-refractivity contribution in [2.45, 2.75) is 25.4 Å². The van der Waals surface area contributed by atoms with Gasteiger partial charge in [0.25, 0.3) is 0 Å². The Morgan fingerprint density at radius 2 is 1.74 bits per heavy atom. The molecular formula is C25H32ClN5O6S. The number of benzene rings is 2. The summed E-state index contributed by atoms with van der Waals surface area (Å²) < 4.78 is 39.3. The third-order valence-corrected chi connectivity index (χ3v) is 6.79. The summed E-state index contributed by atoms with van der Waals surface area (Å²) >= 11 is 0. The molecule has 0 radical (unpaired) electrons. The standard InChI is InChI=1S/C25H31N5O6S.ClH/c1-28(20-7-9-29(10-8-20)15-18-11-22(34-2)14-23(12-18)35-3)25(31)30-16-24(27-17-30)19-5-4-6-21(13-19)36-37(26,32)33;/h4-6,11-14,16-17,20H,7-10,15H2,1-3H3,(H2,26,32,33);1H. The largest absolute Gasteiger partial charge is 0.497 e. The highest BCUT2D eigenvalue weighted by molar-refractivity contribution is 7.84. The number of nitrogens with two attached hydrogens (primary N) is 1. The highest BCUT2D eigenvalue weighted by atomic mass is 35.5. The number of ether oxygens (including phenoxy) is 2. The first-order valence-electron chi connectivity index (χ1n) is 11.7. The second-order valence-corrected chi connectivity index (χ2v) is 10.0. The number of carbonyl (C=O) groups excluding carboxylic acids is 1. The van der Waals surface area contributed by atoms with E-state index in [1.165, 1.54) is 23.0 Å². The molecule has 206 valence electrons. The van der Waals surface area contributed by atoms with E-state index in [1.807, 2.05) is 18.2 Å². The fourth-order valence-electron chi connectivity index (χ4n) is 4.44. The van der Waals surface area contributed by atoms with E-state index in [0.717, 1.165) is 49.5 Å². The van der Waals surface area contributed by atoms with Crippen molar-refractivity contribution in [3.8, 4) is 28.5 Å². The van der Waals surface area contributed by atoms with Gasteiger partial charge in [0, 0.05) is 50.6 Å². The zero-order valence-corrected chi connectivity index (χ0v) is 23.1. The molecule has 38 heavy (non-hydrogen) atoms. The summed E-state index contributed by atoms with van der Waals surface area (Å²) in [5, 5.41) is 4.94. The van der Waals surface area contributed by atoms with E-state index >= 15 is 0 Å². The topological polar surface area (TPSA) is 129 Å². The van der Waals surface area contributed by atoms with E-state index in [1.54, 1.807) is 44.5 Å². The van der Waals surface area contributed by atoms with Crippen LogP contribution in [0.25, 0.3) is 11.3 Å². The highest BCUT2D eigenvalue weighted by Gasteiger charge is 2.26. The first-order valence-corrected chi connectivity index (χ1v) is 13.2. The number of imidazole rings is 1. The lowest BCUT2D eigenvalue weighted by molar-refractivity contribution is 0.131. The number of hydrogen-bond acceptors (Lipinski definition) is 8. The summed E-state index contributed by atoms with van der Waals surface area (Å²) in [4.78, 5) is 21.6. The molecule has 4 rings (SSSR count). The van der Waals surface area contributed by atoms with Crippen LogP contribution in [0.15, 0.2) is 55.0 Å². The fraction of sp³-hybridized carbons (Fsp3) is 0.360. The lowest BCUT2D eigenvalue weighted by Gasteiger charge is -2.36. The minimum atomic E-state index is -4.14. The maximum Gasteiger partial charge on any atom is 0.380 e. The van der Waals surface area contributed by atoms with Gasteiger partial charge in [-0.1, -0.05) is 12.1 Å². The number of halogens is 1. The molecule has 2 N–H and O–H groups in total. The van der Waals surface area contributed by atoms with E-state index in [4.69, 9.17) is 18.8 Å². The molecule has 1 aliphatic rings. The van der Waals surface area contributed by atoms with Gasteiger partial charge in [-0.05, 0) is 42.7 Å². The molecule has 1 saturated heterocycles. The zero-order chi connectivity index (χ0) is 26.6. The van der Waals surface area contributed by atoms with E-state index in [9.17, 15) is 13.2 Å². The van der Waals surface area contributed by atoms with Crippen molar-refractivity contribution in [2.24, 2.45) is 5.14 Å². The monoisotopic (exact) mass is 565 g/mol. The minimum absolute atomic E-state index is 0. The van der Waals surface area contributed by atoms with Gasteiger partial charge in [0.05, 0.1) is 19.9 Å². The van der Waals surface area contributed by atoms with Crippen LogP contribution in [-0.2, 0) is 16.8 Å². The number of nitrogens with zero attached hydrogens (tertiary/aromatic N) is 4. The lowest BCUT2D eigenvalue weighted by atomic mass is 10.0. The Morgan fingerprint density at radius 3 is 2.34 bits per heavy atom. The van der Waals surface area contributed by atoms with Gasteiger partial charge in [-0.2, -0.15) is 13.6 Å². The van der Waals surface area contributed by atoms with Gasteiger partial charge in [0.2, 0.25) is 0 Å². The molecule has 13 heteroatoms. The molecular weight excluding hydrogens is 534 g/mol. The van der Waals surface area contributed by atoms with Crippen molar-refractivity contribution in [1.29, 1.82) is 0 Å². The molecule has 1 fully saturated rings. The minimum Gasteiger partial charge on any atom is -0.497 e. The first kappa shape index (κ1) is 29.2. The Labute approximate surface area is 228 Å². The second-order valence-electron chi connectivity index (χ2n) is 8.89. The number of likely N-dealkylation sites (tertiary alicyclic amines) is 1. The summed E-state index contributed by atoms with van der Waals surface area (Å²) in [7, 11) is 0.942. The van der Waals surface area contributed by atoms with Gasteiger partial charge < -0.3 is 18.6 Å².